The maximum absolute atomic E-state index is 8.81. The number of aldehydes is 1. The molecule has 0 aliphatic rings. The summed E-state index contributed by atoms with van der Waals surface area (Å²) in [7, 11) is 0. The summed E-state index contributed by atoms with van der Waals surface area (Å²) >= 11 is 5.84. The molecular weight excluding hydrogens is 316 g/mol. The Morgan fingerprint density at radius 1 is 1.04 bits per heavy atom. The fraction of sp³-hybridized carbons (Fsp3) is 0.682. The molecule has 0 unspecified atom stereocenters. The summed E-state index contributed by atoms with van der Waals surface area (Å²) in [5, 5.41) is 0.859. The standard InChI is InChI=1S/C9H11Cl.C6H14.C3H8.C2H4O.C2H6/c1-3-8-4-5-9(10)7(2)6-8;1-4-6(3)5-2;1-3-2;1-2-3;1-2/h4-6H,3H2,1-2H3;6H,4-5H2,1-3H3;3H2,1-2H3;2H,1H3;1-2H3. The first kappa shape index (κ1) is 31.0. The lowest BCUT2D eigenvalue weighted by atomic mass is 10.1. The highest BCUT2D eigenvalue weighted by Crippen LogP contribution is 2.16. The Labute approximate surface area is 158 Å². The van der Waals surface area contributed by atoms with E-state index >= 15 is 0 Å². The van der Waals surface area contributed by atoms with Gasteiger partial charge in [0.25, 0.3) is 0 Å². The number of halogens is 1. The third kappa shape index (κ3) is 26.1. The zero-order valence-corrected chi connectivity index (χ0v) is 18.8. The Morgan fingerprint density at radius 3 is 1.62 bits per heavy atom. The predicted molar refractivity (Wildman–Crippen MR) is 114 cm³/mol. The van der Waals surface area contributed by atoms with Crippen molar-refractivity contribution in [3.05, 3.63) is 34.3 Å². The molecule has 0 aliphatic heterocycles. The minimum absolute atomic E-state index is 0.750. The molecule has 0 spiro atoms. The van der Waals surface area contributed by atoms with Gasteiger partial charge in [-0.3, -0.25) is 0 Å². The zero-order chi connectivity index (χ0) is 20.0. The van der Waals surface area contributed by atoms with Crippen molar-refractivity contribution in [3.63, 3.8) is 0 Å². The Morgan fingerprint density at radius 2 is 1.42 bits per heavy atom. The summed E-state index contributed by atoms with van der Waals surface area (Å²) in [6, 6.07) is 6.15. The van der Waals surface area contributed by atoms with Crippen LogP contribution in [0.2, 0.25) is 5.02 Å². The van der Waals surface area contributed by atoms with Crippen molar-refractivity contribution in [2.45, 2.75) is 94.9 Å². The van der Waals surface area contributed by atoms with Gasteiger partial charge in [-0.2, -0.15) is 0 Å². The van der Waals surface area contributed by atoms with E-state index < -0.39 is 0 Å². The van der Waals surface area contributed by atoms with Crippen molar-refractivity contribution in [1.29, 1.82) is 0 Å². The van der Waals surface area contributed by atoms with Crippen molar-refractivity contribution in [3.8, 4) is 0 Å². The van der Waals surface area contributed by atoms with E-state index in [1.807, 2.05) is 26.8 Å². The molecule has 144 valence electrons. The summed E-state index contributed by atoms with van der Waals surface area (Å²) in [5.74, 6) is 0.935. The molecule has 1 aromatic rings. The van der Waals surface area contributed by atoms with E-state index in [0.29, 0.717) is 0 Å². The Kier molecular flexibility index (Phi) is 34.9. The minimum atomic E-state index is 0.750. The van der Waals surface area contributed by atoms with Crippen LogP contribution in [0.25, 0.3) is 0 Å². The minimum Gasteiger partial charge on any atom is -0.304 e. The van der Waals surface area contributed by atoms with Crippen LogP contribution in [0, 0.1) is 12.8 Å². The van der Waals surface area contributed by atoms with Crippen LogP contribution < -0.4 is 0 Å². The van der Waals surface area contributed by atoms with Crippen molar-refractivity contribution in [2.75, 3.05) is 0 Å². The molecule has 0 N–H and O–H groups in total. The second kappa shape index (κ2) is 27.0. The van der Waals surface area contributed by atoms with Crippen molar-refractivity contribution in [2.24, 2.45) is 5.92 Å². The first-order valence-corrected chi connectivity index (χ1v) is 9.90. The molecule has 0 heterocycles. The van der Waals surface area contributed by atoms with E-state index in [0.717, 1.165) is 23.6 Å². The highest BCUT2D eigenvalue weighted by Gasteiger charge is 1.94. The monoisotopic (exact) mass is 358 g/mol. The smallest absolute Gasteiger partial charge is 0.116 e. The lowest BCUT2D eigenvalue weighted by Gasteiger charge is -1.99. The number of aryl methyl sites for hydroxylation is 2. The lowest BCUT2D eigenvalue weighted by Crippen LogP contribution is -1.85. The largest absolute Gasteiger partial charge is 0.304 e. The third-order valence-corrected chi connectivity index (χ3v) is 3.45. The molecule has 1 rings (SSSR count). The SMILES string of the molecule is CC.CC=O.CCC.CCC(C)CC.CCc1ccc(Cl)c(C)c1. The van der Waals surface area contributed by atoms with Crippen LogP contribution in [0.1, 0.15) is 92.7 Å². The molecule has 0 bridgehead atoms. The Balaban J connectivity index is -0.000000123. The Bertz CT molecular complexity index is 344. The molecular formula is C22H43ClO. The number of carbonyl (C=O) groups excluding carboxylic acids is 1. The molecule has 0 atom stereocenters. The zero-order valence-electron chi connectivity index (χ0n) is 18.0. The highest BCUT2D eigenvalue weighted by atomic mass is 35.5. The summed E-state index contributed by atoms with van der Waals surface area (Å²) in [4.78, 5) is 8.81. The van der Waals surface area contributed by atoms with Crippen LogP contribution in [-0.4, -0.2) is 6.29 Å². The molecule has 1 aromatic carbocycles. The van der Waals surface area contributed by atoms with Crippen molar-refractivity contribution < 1.29 is 4.79 Å². The van der Waals surface area contributed by atoms with Gasteiger partial charge in [-0.05, 0) is 43.4 Å². The summed E-state index contributed by atoms with van der Waals surface area (Å²) in [5.41, 5.74) is 2.52. The van der Waals surface area contributed by atoms with E-state index in [4.69, 9.17) is 16.4 Å². The average Bonchev–Trinajstić information content (AvgIpc) is 2.60. The average molecular weight is 359 g/mol. The first-order valence-electron chi connectivity index (χ1n) is 9.52. The molecule has 0 aromatic heterocycles. The van der Waals surface area contributed by atoms with Crippen LogP contribution in [0.4, 0.5) is 0 Å². The predicted octanol–water partition coefficient (Wildman–Crippen LogP) is 8.30. The van der Waals surface area contributed by atoms with Gasteiger partial charge in [0.2, 0.25) is 0 Å². The molecule has 1 nitrogen and oxygen atoms in total. The van der Waals surface area contributed by atoms with Gasteiger partial charge in [0.05, 0.1) is 0 Å². The fourth-order valence-corrected chi connectivity index (χ4v) is 1.33. The van der Waals surface area contributed by atoms with Gasteiger partial charge >= 0.3 is 0 Å². The summed E-state index contributed by atoms with van der Waals surface area (Å²) in [6.45, 7) is 20.6. The van der Waals surface area contributed by atoms with Crippen LogP contribution in [-0.2, 0) is 11.2 Å². The molecule has 0 saturated heterocycles. The number of hydrogen-bond acceptors (Lipinski definition) is 1. The van der Waals surface area contributed by atoms with Gasteiger partial charge in [-0.1, -0.05) is 98.4 Å². The normalized spacial score (nSPS) is 8.17. The van der Waals surface area contributed by atoms with Crippen LogP contribution >= 0.6 is 11.6 Å². The number of benzene rings is 1. The molecule has 2 heteroatoms. The van der Waals surface area contributed by atoms with Crippen molar-refractivity contribution >= 4 is 17.9 Å². The fourth-order valence-electron chi connectivity index (χ4n) is 1.22. The Hall–Kier alpha value is -0.820. The lowest BCUT2D eigenvalue weighted by molar-refractivity contribution is -0.106. The van der Waals surface area contributed by atoms with Crippen LogP contribution in [0.3, 0.4) is 0 Å². The quantitative estimate of drug-likeness (QED) is 0.496. The van der Waals surface area contributed by atoms with E-state index in [1.54, 1.807) is 0 Å². The van der Waals surface area contributed by atoms with Gasteiger partial charge in [0, 0.05) is 5.02 Å². The molecule has 0 aliphatic carbocycles. The summed E-state index contributed by atoms with van der Waals surface area (Å²) in [6.07, 6.45) is 5.74. The van der Waals surface area contributed by atoms with E-state index in [2.05, 4.69) is 53.7 Å². The van der Waals surface area contributed by atoms with E-state index in [1.165, 1.54) is 37.3 Å². The second-order valence-corrected chi connectivity index (χ2v) is 5.71. The molecule has 0 saturated carbocycles. The highest BCUT2D eigenvalue weighted by molar-refractivity contribution is 6.31. The summed E-state index contributed by atoms with van der Waals surface area (Å²) < 4.78 is 0. The number of rotatable bonds is 3. The third-order valence-electron chi connectivity index (χ3n) is 3.02. The first-order chi connectivity index (χ1) is 11.4. The number of hydrogen-bond donors (Lipinski definition) is 0. The molecule has 0 fully saturated rings. The van der Waals surface area contributed by atoms with Crippen molar-refractivity contribution in [1.82, 2.24) is 0 Å². The topological polar surface area (TPSA) is 17.1 Å². The van der Waals surface area contributed by atoms with Crippen LogP contribution in [0.5, 0.6) is 0 Å². The molecule has 0 amide bonds. The second-order valence-electron chi connectivity index (χ2n) is 5.30. The number of carbonyl (C=O) groups is 1. The molecule has 0 radical (unpaired) electrons. The van der Waals surface area contributed by atoms with Crippen LogP contribution in [0.15, 0.2) is 18.2 Å². The van der Waals surface area contributed by atoms with Gasteiger partial charge in [-0.15, -0.1) is 0 Å². The molecule has 24 heavy (non-hydrogen) atoms. The maximum Gasteiger partial charge on any atom is 0.116 e. The van der Waals surface area contributed by atoms with Gasteiger partial charge in [-0.25, -0.2) is 0 Å². The van der Waals surface area contributed by atoms with Gasteiger partial charge in [0.1, 0.15) is 6.29 Å². The van der Waals surface area contributed by atoms with Gasteiger partial charge in [0.15, 0.2) is 0 Å². The van der Waals surface area contributed by atoms with E-state index in [-0.39, 0.29) is 0 Å². The van der Waals surface area contributed by atoms with E-state index in [9.17, 15) is 0 Å². The van der Waals surface area contributed by atoms with Gasteiger partial charge < -0.3 is 4.79 Å². The maximum atomic E-state index is 8.81.